The third-order valence-electron chi connectivity index (χ3n) is 3.07. The number of nitrogens with zero attached hydrogens (tertiary/aromatic N) is 2. The number of phenolic OH excluding ortho intramolecular Hbond substituents is 1. The molecule has 0 aromatic heterocycles. The Balaban J connectivity index is 2.19. The number of nitrogen functional groups attached to an aromatic ring is 1. The Morgan fingerprint density at radius 1 is 1.38 bits per heavy atom. The number of nitrogens with one attached hydrogen (secondary N) is 1. The molecule has 124 valence electrons. The van der Waals surface area contributed by atoms with E-state index in [1.165, 1.54) is 19.2 Å². The molecule has 4 N–H and O–H groups in total. The van der Waals surface area contributed by atoms with Crippen molar-refractivity contribution in [1.82, 2.24) is 5.43 Å². The summed E-state index contributed by atoms with van der Waals surface area (Å²) in [6.07, 6.45) is 1.06. The van der Waals surface area contributed by atoms with Gasteiger partial charge < -0.3 is 15.6 Å². The number of nitrogens with two attached hydrogens (primary N) is 1. The number of carbonyl (C=O) groups is 1. The standard InChI is InChI=1S/C15H14N4O5/c1-24-14-7-12(19(22)23)10(6-13(14)20)8-17-18-15(21)9-2-4-11(16)5-3-9/h2-8,20H,16H2,1H3,(H,18,21)/b17-8-. The van der Waals surface area contributed by atoms with Crippen LogP contribution in [0.3, 0.4) is 0 Å². The van der Waals surface area contributed by atoms with Gasteiger partial charge in [-0.2, -0.15) is 5.10 Å². The maximum absolute atomic E-state index is 11.9. The molecule has 0 saturated heterocycles. The summed E-state index contributed by atoms with van der Waals surface area (Å²) in [7, 11) is 1.28. The van der Waals surface area contributed by atoms with E-state index in [2.05, 4.69) is 10.5 Å². The smallest absolute Gasteiger partial charge is 0.282 e. The van der Waals surface area contributed by atoms with E-state index in [1.54, 1.807) is 12.1 Å². The summed E-state index contributed by atoms with van der Waals surface area (Å²) in [5.74, 6) is -0.828. The molecular formula is C15H14N4O5. The fraction of sp³-hybridized carbons (Fsp3) is 0.0667. The molecule has 2 aromatic carbocycles. The molecule has 9 heteroatoms. The molecule has 24 heavy (non-hydrogen) atoms. The molecule has 0 atom stereocenters. The molecule has 0 aliphatic rings. The van der Waals surface area contributed by atoms with E-state index in [4.69, 9.17) is 10.5 Å². The second-order valence-corrected chi connectivity index (χ2v) is 4.66. The number of nitro benzene ring substituents is 1. The molecule has 0 spiro atoms. The van der Waals surface area contributed by atoms with Gasteiger partial charge in [0.1, 0.15) is 0 Å². The van der Waals surface area contributed by atoms with Crippen LogP contribution in [0.25, 0.3) is 0 Å². The Morgan fingerprint density at radius 2 is 2.04 bits per heavy atom. The first-order chi connectivity index (χ1) is 11.4. The summed E-state index contributed by atoms with van der Waals surface area (Å²) in [4.78, 5) is 22.3. The number of hydrazone groups is 1. The second kappa shape index (κ2) is 7.09. The van der Waals surface area contributed by atoms with Gasteiger partial charge in [-0.25, -0.2) is 5.43 Å². The lowest BCUT2D eigenvalue weighted by molar-refractivity contribution is -0.385. The molecule has 2 aromatic rings. The van der Waals surface area contributed by atoms with Gasteiger partial charge in [0, 0.05) is 11.3 Å². The molecule has 0 radical (unpaired) electrons. The number of methoxy groups -OCH3 is 1. The van der Waals surface area contributed by atoms with Gasteiger partial charge in [-0.15, -0.1) is 0 Å². The predicted octanol–water partition coefficient (Wildman–Crippen LogP) is 1.66. The number of nitro groups is 1. The first-order valence-corrected chi connectivity index (χ1v) is 6.66. The summed E-state index contributed by atoms with van der Waals surface area (Å²) in [6, 6.07) is 8.34. The minimum absolute atomic E-state index is 0.0101. The number of carbonyl (C=O) groups excluding carboxylic acids is 1. The number of rotatable bonds is 5. The zero-order chi connectivity index (χ0) is 17.7. The highest BCUT2D eigenvalue weighted by Crippen LogP contribution is 2.32. The molecule has 1 amide bonds. The Bertz CT molecular complexity index is 802. The third-order valence-corrected chi connectivity index (χ3v) is 3.07. The van der Waals surface area contributed by atoms with E-state index < -0.39 is 10.8 Å². The van der Waals surface area contributed by atoms with Gasteiger partial charge in [0.25, 0.3) is 11.6 Å². The second-order valence-electron chi connectivity index (χ2n) is 4.66. The molecular weight excluding hydrogens is 316 g/mol. The van der Waals surface area contributed by atoms with Gasteiger partial charge in [-0.1, -0.05) is 0 Å². The van der Waals surface area contributed by atoms with E-state index in [1.807, 2.05) is 0 Å². The number of hydrogen-bond donors (Lipinski definition) is 3. The molecule has 0 bridgehead atoms. The lowest BCUT2D eigenvalue weighted by Crippen LogP contribution is -2.17. The lowest BCUT2D eigenvalue weighted by atomic mass is 10.1. The largest absolute Gasteiger partial charge is 0.504 e. The summed E-state index contributed by atoms with van der Waals surface area (Å²) >= 11 is 0. The topological polar surface area (TPSA) is 140 Å². The molecule has 0 saturated carbocycles. The first-order valence-electron chi connectivity index (χ1n) is 6.66. The summed E-state index contributed by atoms with van der Waals surface area (Å²) in [5.41, 5.74) is 8.29. The molecule has 0 aliphatic heterocycles. The van der Waals surface area contributed by atoms with E-state index in [0.717, 1.165) is 18.3 Å². The average molecular weight is 330 g/mol. The van der Waals surface area contributed by atoms with Gasteiger partial charge in [0.05, 0.1) is 29.9 Å². The van der Waals surface area contributed by atoms with Crippen molar-refractivity contribution in [3.05, 3.63) is 57.6 Å². The summed E-state index contributed by atoms with van der Waals surface area (Å²) in [5, 5.41) is 24.4. The lowest BCUT2D eigenvalue weighted by Gasteiger charge is -2.05. The fourth-order valence-corrected chi connectivity index (χ4v) is 1.86. The monoisotopic (exact) mass is 330 g/mol. The van der Waals surface area contributed by atoms with Crippen LogP contribution in [-0.4, -0.2) is 29.3 Å². The minimum Gasteiger partial charge on any atom is -0.504 e. The van der Waals surface area contributed by atoms with Gasteiger partial charge >= 0.3 is 0 Å². The SMILES string of the molecule is COc1cc([N+](=O)[O-])c(/C=N\NC(=O)c2ccc(N)cc2)cc1O. The van der Waals surface area contributed by atoms with Crippen molar-refractivity contribution in [3.8, 4) is 11.5 Å². The van der Waals surface area contributed by atoms with Crippen LogP contribution in [-0.2, 0) is 0 Å². The molecule has 2 rings (SSSR count). The Kier molecular flexibility index (Phi) is 4.95. The van der Waals surface area contributed by atoms with Crippen LogP contribution < -0.4 is 15.9 Å². The maximum atomic E-state index is 11.9. The van der Waals surface area contributed by atoms with Crippen molar-refractivity contribution < 1.29 is 19.6 Å². The van der Waals surface area contributed by atoms with Gasteiger partial charge in [-0.3, -0.25) is 14.9 Å². The van der Waals surface area contributed by atoms with E-state index in [-0.39, 0.29) is 22.7 Å². The van der Waals surface area contributed by atoms with E-state index in [0.29, 0.717) is 11.3 Å². The molecule has 9 nitrogen and oxygen atoms in total. The number of phenols is 1. The number of hydrogen-bond acceptors (Lipinski definition) is 7. The van der Waals surface area contributed by atoms with Crippen LogP contribution in [0.2, 0.25) is 0 Å². The zero-order valence-corrected chi connectivity index (χ0v) is 12.6. The summed E-state index contributed by atoms with van der Waals surface area (Å²) in [6.45, 7) is 0. The van der Waals surface area contributed by atoms with Gasteiger partial charge in [-0.05, 0) is 30.3 Å². The highest BCUT2D eigenvalue weighted by Gasteiger charge is 2.17. The molecule has 0 heterocycles. The number of aromatic hydroxyl groups is 1. The van der Waals surface area contributed by atoms with Crippen LogP contribution in [0.4, 0.5) is 11.4 Å². The van der Waals surface area contributed by atoms with Crippen molar-refractivity contribution in [2.24, 2.45) is 5.10 Å². The van der Waals surface area contributed by atoms with Crippen molar-refractivity contribution >= 4 is 23.5 Å². The van der Waals surface area contributed by atoms with Crippen LogP contribution >= 0.6 is 0 Å². The normalized spacial score (nSPS) is 10.5. The average Bonchev–Trinajstić information content (AvgIpc) is 2.55. The maximum Gasteiger partial charge on any atom is 0.282 e. The van der Waals surface area contributed by atoms with Crippen molar-refractivity contribution in [2.45, 2.75) is 0 Å². The van der Waals surface area contributed by atoms with Crippen molar-refractivity contribution in [1.29, 1.82) is 0 Å². The van der Waals surface area contributed by atoms with E-state index >= 15 is 0 Å². The van der Waals surface area contributed by atoms with Gasteiger partial charge in [0.2, 0.25) is 0 Å². The van der Waals surface area contributed by atoms with Crippen LogP contribution in [0.5, 0.6) is 11.5 Å². The Labute approximate surface area is 136 Å². The van der Waals surface area contributed by atoms with Gasteiger partial charge in [0.15, 0.2) is 11.5 Å². The van der Waals surface area contributed by atoms with Crippen molar-refractivity contribution in [2.75, 3.05) is 12.8 Å². The third kappa shape index (κ3) is 3.77. The number of amides is 1. The quantitative estimate of drug-likeness (QED) is 0.329. The number of benzene rings is 2. The summed E-state index contributed by atoms with van der Waals surface area (Å²) < 4.78 is 4.82. The van der Waals surface area contributed by atoms with Crippen LogP contribution in [0, 0.1) is 10.1 Å². The first kappa shape index (κ1) is 16.7. The molecule has 0 aliphatic carbocycles. The number of ether oxygens (including phenoxy) is 1. The minimum atomic E-state index is -0.648. The van der Waals surface area contributed by atoms with Crippen molar-refractivity contribution in [3.63, 3.8) is 0 Å². The zero-order valence-electron chi connectivity index (χ0n) is 12.6. The molecule has 0 fully saturated rings. The number of anilines is 1. The van der Waals surface area contributed by atoms with Crippen LogP contribution in [0.1, 0.15) is 15.9 Å². The predicted molar refractivity (Wildman–Crippen MR) is 87.2 cm³/mol. The Morgan fingerprint density at radius 3 is 2.62 bits per heavy atom. The van der Waals surface area contributed by atoms with E-state index in [9.17, 15) is 20.0 Å². The van der Waals surface area contributed by atoms with Crippen LogP contribution in [0.15, 0.2) is 41.5 Å². The fourth-order valence-electron chi connectivity index (χ4n) is 1.86. The Hall–Kier alpha value is -3.62. The molecule has 0 unspecified atom stereocenters. The highest BCUT2D eigenvalue weighted by molar-refractivity contribution is 5.95. The highest BCUT2D eigenvalue weighted by atomic mass is 16.6.